The lowest BCUT2D eigenvalue weighted by Gasteiger charge is -2.49. The number of hydrogen-bond acceptors (Lipinski definition) is 1. The molecule has 1 aliphatic carbocycles. The van der Waals surface area contributed by atoms with E-state index in [9.17, 15) is 5.11 Å². The maximum atomic E-state index is 9.64. The third kappa shape index (κ3) is 1.45. The van der Waals surface area contributed by atoms with Crippen LogP contribution >= 0.6 is 11.6 Å². The highest BCUT2D eigenvalue weighted by Crippen LogP contribution is 2.52. The topological polar surface area (TPSA) is 20.2 Å². The molecule has 1 aromatic carbocycles. The van der Waals surface area contributed by atoms with Crippen LogP contribution in [0.1, 0.15) is 31.7 Å². The normalized spacial score (nSPS) is 29.7. The fourth-order valence-electron chi connectivity index (χ4n) is 2.16. The summed E-state index contributed by atoms with van der Waals surface area (Å²) in [6.45, 7) is 4.22. The van der Waals surface area contributed by atoms with E-state index < -0.39 is 0 Å². The maximum absolute atomic E-state index is 9.64. The Morgan fingerprint density at radius 2 is 1.86 bits per heavy atom. The van der Waals surface area contributed by atoms with Gasteiger partial charge >= 0.3 is 0 Å². The number of aliphatic hydroxyl groups excluding tert-OH is 1. The largest absolute Gasteiger partial charge is 0.393 e. The molecule has 2 heteroatoms. The summed E-state index contributed by atoms with van der Waals surface area (Å²) in [5.41, 5.74) is 1.29. The van der Waals surface area contributed by atoms with Crippen molar-refractivity contribution in [2.45, 2.75) is 32.3 Å². The van der Waals surface area contributed by atoms with Gasteiger partial charge in [0.25, 0.3) is 0 Å². The molecule has 1 aliphatic rings. The average molecular weight is 211 g/mol. The molecule has 1 aromatic rings. The van der Waals surface area contributed by atoms with Crippen LogP contribution in [-0.4, -0.2) is 11.2 Å². The van der Waals surface area contributed by atoms with E-state index in [1.165, 1.54) is 5.56 Å². The van der Waals surface area contributed by atoms with E-state index in [0.29, 0.717) is 5.92 Å². The van der Waals surface area contributed by atoms with Crippen LogP contribution in [0.3, 0.4) is 0 Å². The van der Waals surface area contributed by atoms with E-state index >= 15 is 0 Å². The van der Waals surface area contributed by atoms with Gasteiger partial charge in [0.2, 0.25) is 0 Å². The van der Waals surface area contributed by atoms with Crippen LogP contribution in [0.4, 0.5) is 0 Å². The first-order chi connectivity index (χ1) is 6.51. The highest BCUT2D eigenvalue weighted by molar-refractivity contribution is 6.30. The second-order valence-corrected chi connectivity index (χ2v) is 5.11. The van der Waals surface area contributed by atoms with Gasteiger partial charge in [0.1, 0.15) is 0 Å². The Balaban J connectivity index is 2.22. The van der Waals surface area contributed by atoms with Crippen LogP contribution in [-0.2, 0) is 0 Å². The lowest BCUT2D eigenvalue weighted by molar-refractivity contribution is -0.0625. The summed E-state index contributed by atoms with van der Waals surface area (Å²) in [6, 6.07) is 7.94. The number of aliphatic hydroxyl groups is 1. The van der Waals surface area contributed by atoms with Crippen LogP contribution in [0.5, 0.6) is 0 Å². The Morgan fingerprint density at radius 3 is 2.29 bits per heavy atom. The van der Waals surface area contributed by atoms with Gasteiger partial charge in [-0.25, -0.2) is 0 Å². The van der Waals surface area contributed by atoms with Gasteiger partial charge in [-0.15, -0.1) is 0 Å². The molecule has 0 bridgehead atoms. The second-order valence-electron chi connectivity index (χ2n) is 4.68. The fourth-order valence-corrected chi connectivity index (χ4v) is 2.29. The number of benzene rings is 1. The third-order valence-electron chi connectivity index (χ3n) is 3.49. The third-order valence-corrected chi connectivity index (χ3v) is 3.74. The van der Waals surface area contributed by atoms with Gasteiger partial charge in [0, 0.05) is 5.02 Å². The van der Waals surface area contributed by atoms with Crippen molar-refractivity contribution < 1.29 is 5.11 Å². The van der Waals surface area contributed by atoms with Crippen molar-refractivity contribution in [3.8, 4) is 0 Å². The molecule has 2 unspecified atom stereocenters. The number of rotatable bonds is 1. The molecule has 1 nitrogen and oxygen atoms in total. The molecule has 2 rings (SSSR count). The summed E-state index contributed by atoms with van der Waals surface area (Å²) in [5.74, 6) is 0.467. The molecule has 76 valence electrons. The van der Waals surface area contributed by atoms with Crippen molar-refractivity contribution in [2.75, 3.05) is 0 Å². The van der Waals surface area contributed by atoms with E-state index in [-0.39, 0.29) is 11.5 Å². The first-order valence-electron chi connectivity index (χ1n) is 4.95. The van der Waals surface area contributed by atoms with E-state index in [4.69, 9.17) is 11.6 Å². The van der Waals surface area contributed by atoms with E-state index in [1.54, 1.807) is 0 Å². The van der Waals surface area contributed by atoms with Crippen LogP contribution in [0.2, 0.25) is 5.02 Å². The van der Waals surface area contributed by atoms with Gasteiger partial charge < -0.3 is 5.11 Å². The lowest BCUT2D eigenvalue weighted by atomic mass is 9.58. The van der Waals surface area contributed by atoms with Gasteiger partial charge in [-0.05, 0) is 35.4 Å². The van der Waals surface area contributed by atoms with E-state index in [2.05, 4.69) is 26.0 Å². The predicted molar refractivity (Wildman–Crippen MR) is 58.6 cm³/mol. The van der Waals surface area contributed by atoms with Crippen molar-refractivity contribution in [1.29, 1.82) is 0 Å². The molecule has 0 aliphatic heterocycles. The highest BCUT2D eigenvalue weighted by Gasteiger charge is 2.47. The van der Waals surface area contributed by atoms with Crippen molar-refractivity contribution in [1.82, 2.24) is 0 Å². The second kappa shape index (κ2) is 3.25. The smallest absolute Gasteiger partial charge is 0.0603 e. The Morgan fingerprint density at radius 1 is 1.29 bits per heavy atom. The molecule has 0 saturated heterocycles. The first kappa shape index (κ1) is 10.0. The van der Waals surface area contributed by atoms with Gasteiger partial charge in [0.05, 0.1) is 6.10 Å². The van der Waals surface area contributed by atoms with Gasteiger partial charge in [-0.1, -0.05) is 37.6 Å². The van der Waals surface area contributed by atoms with Crippen molar-refractivity contribution in [2.24, 2.45) is 5.41 Å². The quantitative estimate of drug-likeness (QED) is 0.755. The number of hydrogen-bond donors (Lipinski definition) is 1. The van der Waals surface area contributed by atoms with Crippen LogP contribution in [0.15, 0.2) is 24.3 Å². The summed E-state index contributed by atoms with van der Waals surface area (Å²) >= 11 is 5.83. The van der Waals surface area contributed by atoms with Gasteiger partial charge in [0.15, 0.2) is 0 Å². The Labute approximate surface area is 89.7 Å². The Bertz CT molecular complexity index is 329. The molecule has 0 radical (unpaired) electrons. The molecule has 0 aromatic heterocycles. The molecule has 0 heterocycles. The van der Waals surface area contributed by atoms with Crippen molar-refractivity contribution in [3.05, 3.63) is 34.9 Å². The van der Waals surface area contributed by atoms with Crippen molar-refractivity contribution in [3.63, 3.8) is 0 Å². The van der Waals surface area contributed by atoms with Crippen molar-refractivity contribution >= 4 is 11.6 Å². The molecule has 1 saturated carbocycles. The molecular weight excluding hydrogens is 196 g/mol. The fraction of sp³-hybridized carbons (Fsp3) is 0.500. The van der Waals surface area contributed by atoms with Crippen LogP contribution < -0.4 is 0 Å². The standard InChI is InChI=1S/C12H15ClO/c1-12(2)10(7-11(12)14)8-3-5-9(13)6-4-8/h3-6,10-11,14H,7H2,1-2H3. The van der Waals surface area contributed by atoms with E-state index in [0.717, 1.165) is 11.4 Å². The molecule has 14 heavy (non-hydrogen) atoms. The van der Waals surface area contributed by atoms with Crippen LogP contribution in [0.25, 0.3) is 0 Å². The lowest BCUT2D eigenvalue weighted by Crippen LogP contribution is -2.47. The number of halogens is 1. The minimum Gasteiger partial charge on any atom is -0.393 e. The molecule has 2 atom stereocenters. The SMILES string of the molecule is CC1(C)C(O)CC1c1ccc(Cl)cc1. The monoisotopic (exact) mass is 210 g/mol. The van der Waals surface area contributed by atoms with E-state index in [1.807, 2.05) is 12.1 Å². The Hall–Kier alpha value is -0.530. The summed E-state index contributed by atoms with van der Waals surface area (Å²) in [5, 5.41) is 10.4. The molecular formula is C12H15ClO. The summed E-state index contributed by atoms with van der Waals surface area (Å²) in [4.78, 5) is 0. The van der Waals surface area contributed by atoms with Gasteiger partial charge in [-0.3, -0.25) is 0 Å². The first-order valence-corrected chi connectivity index (χ1v) is 5.33. The maximum Gasteiger partial charge on any atom is 0.0603 e. The molecule has 1 fully saturated rings. The molecule has 0 spiro atoms. The van der Waals surface area contributed by atoms with Gasteiger partial charge in [-0.2, -0.15) is 0 Å². The summed E-state index contributed by atoms with van der Waals surface area (Å²) < 4.78 is 0. The van der Waals surface area contributed by atoms with Crippen LogP contribution in [0, 0.1) is 5.41 Å². The molecule has 1 N–H and O–H groups in total. The minimum atomic E-state index is -0.164. The zero-order chi connectivity index (χ0) is 10.3. The Kier molecular flexibility index (Phi) is 2.32. The molecule has 0 amide bonds. The summed E-state index contributed by atoms with van der Waals surface area (Å²) in [7, 11) is 0. The zero-order valence-electron chi connectivity index (χ0n) is 8.50. The summed E-state index contributed by atoms with van der Waals surface area (Å²) in [6.07, 6.45) is 0.706. The minimum absolute atomic E-state index is 0.00777. The average Bonchev–Trinajstić information content (AvgIpc) is 2.16. The highest BCUT2D eigenvalue weighted by atomic mass is 35.5. The predicted octanol–water partition coefficient (Wildman–Crippen LogP) is 3.21. The zero-order valence-corrected chi connectivity index (χ0v) is 9.25.